The largest absolute Gasteiger partial charge is 0.396 e. The van der Waals surface area contributed by atoms with Gasteiger partial charge in [0.05, 0.1) is 6.10 Å². The van der Waals surface area contributed by atoms with Crippen molar-refractivity contribution in [2.45, 2.75) is 50.8 Å². The van der Waals surface area contributed by atoms with Gasteiger partial charge in [-0.2, -0.15) is 0 Å². The van der Waals surface area contributed by atoms with Crippen LogP contribution in [-0.2, 0) is 11.3 Å². The fraction of sp³-hybridized carbons (Fsp3) is 0.625. The molecule has 0 amide bonds. The van der Waals surface area contributed by atoms with E-state index < -0.39 is 0 Å². The van der Waals surface area contributed by atoms with E-state index >= 15 is 0 Å². The van der Waals surface area contributed by atoms with Crippen molar-refractivity contribution < 1.29 is 9.84 Å². The third-order valence-electron chi connectivity index (χ3n) is 3.75. The molecule has 0 spiro atoms. The highest BCUT2D eigenvalue weighted by Crippen LogP contribution is 2.19. The summed E-state index contributed by atoms with van der Waals surface area (Å²) in [7, 11) is 0. The highest BCUT2D eigenvalue weighted by molar-refractivity contribution is 5.14. The molecule has 1 aromatic carbocycles. The van der Waals surface area contributed by atoms with Crippen LogP contribution in [0.5, 0.6) is 0 Å². The van der Waals surface area contributed by atoms with Crippen LogP contribution in [0.1, 0.15) is 37.7 Å². The Bertz CT molecular complexity index is 336. The Labute approximate surface area is 116 Å². The number of rotatable bonds is 7. The minimum atomic E-state index is 0.260. The smallest absolute Gasteiger partial charge is 0.0728 e. The van der Waals surface area contributed by atoms with Gasteiger partial charge in [-0.25, -0.2) is 0 Å². The molecule has 0 radical (unpaired) electrons. The number of hydrogen-bond acceptors (Lipinski definition) is 3. The Morgan fingerprint density at radius 2 is 2.11 bits per heavy atom. The molecule has 1 aromatic rings. The average molecular weight is 263 g/mol. The fourth-order valence-corrected chi connectivity index (χ4v) is 2.66. The maximum absolute atomic E-state index is 9.03. The van der Waals surface area contributed by atoms with Gasteiger partial charge >= 0.3 is 0 Å². The number of nitrogens with one attached hydrogen (secondary N) is 1. The Hall–Kier alpha value is -0.900. The van der Waals surface area contributed by atoms with Gasteiger partial charge in [-0.1, -0.05) is 30.3 Å². The molecule has 2 atom stereocenters. The van der Waals surface area contributed by atoms with Crippen molar-refractivity contribution in [3.63, 3.8) is 0 Å². The predicted molar refractivity (Wildman–Crippen MR) is 77.0 cm³/mol. The van der Waals surface area contributed by atoms with Gasteiger partial charge in [0.1, 0.15) is 0 Å². The number of hydrogen-bond donors (Lipinski definition) is 2. The standard InChI is InChI=1S/C16H25NO2/c18-11-6-9-15(16-10-4-5-12-19-16)17-13-14-7-2-1-3-8-14/h1-3,7-8,15-18H,4-6,9-13H2. The normalized spacial score (nSPS) is 21.2. The quantitative estimate of drug-likeness (QED) is 0.794. The predicted octanol–water partition coefficient (Wildman–Crippen LogP) is 2.49. The van der Waals surface area contributed by atoms with Crippen molar-refractivity contribution >= 4 is 0 Å². The molecule has 2 N–H and O–H groups in total. The van der Waals surface area contributed by atoms with Crippen molar-refractivity contribution in [1.82, 2.24) is 5.32 Å². The lowest BCUT2D eigenvalue weighted by Gasteiger charge is -2.31. The molecule has 19 heavy (non-hydrogen) atoms. The zero-order valence-corrected chi connectivity index (χ0v) is 11.6. The van der Waals surface area contributed by atoms with E-state index in [0.717, 1.165) is 32.4 Å². The van der Waals surface area contributed by atoms with Crippen LogP contribution in [0.4, 0.5) is 0 Å². The molecule has 3 nitrogen and oxygen atoms in total. The molecule has 1 saturated heterocycles. The summed E-state index contributed by atoms with van der Waals surface area (Å²) >= 11 is 0. The summed E-state index contributed by atoms with van der Waals surface area (Å²) in [6.45, 7) is 2.01. The third-order valence-corrected chi connectivity index (χ3v) is 3.75. The zero-order valence-electron chi connectivity index (χ0n) is 11.6. The minimum Gasteiger partial charge on any atom is -0.396 e. The van der Waals surface area contributed by atoms with Crippen LogP contribution in [0.25, 0.3) is 0 Å². The number of aliphatic hydroxyl groups excluding tert-OH is 1. The molecule has 0 aliphatic carbocycles. The van der Waals surface area contributed by atoms with Gasteiger partial charge in [0, 0.05) is 25.8 Å². The molecule has 3 heteroatoms. The van der Waals surface area contributed by atoms with Crippen LogP contribution in [0.15, 0.2) is 30.3 Å². The van der Waals surface area contributed by atoms with Gasteiger partial charge in [-0.3, -0.25) is 0 Å². The molecule has 0 bridgehead atoms. The summed E-state index contributed by atoms with van der Waals surface area (Å²) in [5.74, 6) is 0. The van der Waals surface area contributed by atoms with E-state index in [0.29, 0.717) is 12.1 Å². The van der Waals surface area contributed by atoms with E-state index in [4.69, 9.17) is 9.84 Å². The van der Waals surface area contributed by atoms with E-state index in [1.807, 2.05) is 6.07 Å². The van der Waals surface area contributed by atoms with Gasteiger partial charge < -0.3 is 15.2 Å². The first kappa shape index (κ1) is 14.5. The lowest BCUT2D eigenvalue weighted by atomic mass is 9.98. The summed E-state index contributed by atoms with van der Waals surface area (Å²) in [5.41, 5.74) is 1.30. The van der Waals surface area contributed by atoms with Gasteiger partial charge in [0.25, 0.3) is 0 Å². The molecular formula is C16H25NO2. The van der Waals surface area contributed by atoms with E-state index in [2.05, 4.69) is 29.6 Å². The Kier molecular flexibility index (Phi) is 6.34. The van der Waals surface area contributed by atoms with Gasteiger partial charge in [0.15, 0.2) is 0 Å². The van der Waals surface area contributed by atoms with Crippen LogP contribution in [0, 0.1) is 0 Å². The van der Waals surface area contributed by atoms with Crippen LogP contribution in [0.3, 0.4) is 0 Å². The SMILES string of the molecule is OCCCC(NCc1ccccc1)C1CCCCO1. The number of ether oxygens (including phenoxy) is 1. The van der Waals surface area contributed by atoms with Crippen molar-refractivity contribution in [3.8, 4) is 0 Å². The number of benzene rings is 1. The lowest BCUT2D eigenvalue weighted by molar-refractivity contribution is -0.0108. The molecule has 1 heterocycles. The van der Waals surface area contributed by atoms with E-state index in [9.17, 15) is 0 Å². The first-order valence-corrected chi connectivity index (χ1v) is 7.40. The van der Waals surface area contributed by atoms with E-state index in [1.165, 1.54) is 18.4 Å². The minimum absolute atomic E-state index is 0.260. The zero-order chi connectivity index (χ0) is 13.3. The molecule has 1 aliphatic heterocycles. The second-order valence-electron chi connectivity index (χ2n) is 5.24. The van der Waals surface area contributed by atoms with Crippen LogP contribution in [0.2, 0.25) is 0 Å². The van der Waals surface area contributed by atoms with Crippen molar-refractivity contribution in [2.75, 3.05) is 13.2 Å². The molecule has 2 unspecified atom stereocenters. The van der Waals surface area contributed by atoms with Crippen molar-refractivity contribution in [3.05, 3.63) is 35.9 Å². The second kappa shape index (κ2) is 8.31. The molecule has 1 fully saturated rings. The number of aliphatic hydroxyl groups is 1. The van der Waals surface area contributed by atoms with Gasteiger partial charge in [0.2, 0.25) is 0 Å². The Balaban J connectivity index is 1.85. The van der Waals surface area contributed by atoms with E-state index in [1.54, 1.807) is 0 Å². The van der Waals surface area contributed by atoms with Crippen LogP contribution < -0.4 is 5.32 Å². The van der Waals surface area contributed by atoms with Crippen LogP contribution >= 0.6 is 0 Å². The first-order chi connectivity index (χ1) is 9.40. The maximum atomic E-state index is 9.03. The topological polar surface area (TPSA) is 41.5 Å². The average Bonchev–Trinajstić information content (AvgIpc) is 2.49. The fourth-order valence-electron chi connectivity index (χ4n) is 2.66. The van der Waals surface area contributed by atoms with Crippen molar-refractivity contribution in [2.24, 2.45) is 0 Å². The van der Waals surface area contributed by atoms with Crippen molar-refractivity contribution in [1.29, 1.82) is 0 Å². The maximum Gasteiger partial charge on any atom is 0.0728 e. The molecular weight excluding hydrogens is 238 g/mol. The molecule has 0 saturated carbocycles. The highest BCUT2D eigenvalue weighted by atomic mass is 16.5. The van der Waals surface area contributed by atoms with Gasteiger partial charge in [-0.15, -0.1) is 0 Å². The third kappa shape index (κ3) is 4.94. The lowest BCUT2D eigenvalue weighted by Crippen LogP contribution is -2.42. The van der Waals surface area contributed by atoms with E-state index in [-0.39, 0.29) is 6.61 Å². The summed E-state index contributed by atoms with van der Waals surface area (Å²) in [6, 6.07) is 10.8. The monoisotopic (exact) mass is 263 g/mol. The second-order valence-corrected chi connectivity index (χ2v) is 5.24. The molecule has 2 rings (SSSR count). The highest BCUT2D eigenvalue weighted by Gasteiger charge is 2.23. The Morgan fingerprint density at radius 3 is 2.79 bits per heavy atom. The summed E-state index contributed by atoms with van der Waals surface area (Å²) in [4.78, 5) is 0. The van der Waals surface area contributed by atoms with Crippen LogP contribution in [-0.4, -0.2) is 30.5 Å². The summed E-state index contributed by atoms with van der Waals surface area (Å²) in [5, 5.41) is 12.6. The first-order valence-electron chi connectivity index (χ1n) is 7.40. The summed E-state index contributed by atoms with van der Waals surface area (Å²) < 4.78 is 5.88. The molecule has 1 aliphatic rings. The molecule has 0 aromatic heterocycles. The van der Waals surface area contributed by atoms with Gasteiger partial charge in [-0.05, 0) is 37.7 Å². The Morgan fingerprint density at radius 1 is 1.26 bits per heavy atom. The summed E-state index contributed by atoms with van der Waals surface area (Å²) in [6.07, 6.45) is 5.71. The molecule has 106 valence electrons.